The fourth-order valence-electron chi connectivity index (χ4n) is 10.6. The number of hydrogen-bond acceptors (Lipinski definition) is 2. The Kier molecular flexibility index (Phi) is 3.46. The van der Waals surface area contributed by atoms with E-state index in [9.17, 15) is 9.90 Å². The molecule has 8 aliphatic rings. The lowest BCUT2D eigenvalue weighted by atomic mass is 9.33. The van der Waals surface area contributed by atoms with E-state index >= 15 is 0 Å². The first kappa shape index (κ1) is 17.2. The summed E-state index contributed by atoms with van der Waals surface area (Å²) in [6, 6.07) is 0. The van der Waals surface area contributed by atoms with Gasteiger partial charge < -0.3 is 9.84 Å². The van der Waals surface area contributed by atoms with Crippen LogP contribution in [0.1, 0.15) is 84.0 Å². The van der Waals surface area contributed by atoms with Gasteiger partial charge in [-0.3, -0.25) is 0 Å². The molecule has 8 bridgehead atoms. The lowest BCUT2D eigenvalue weighted by Crippen LogP contribution is -2.65. The number of carbonyl (C=O) groups is 1. The van der Waals surface area contributed by atoms with Crippen LogP contribution in [0.2, 0.25) is 0 Å². The van der Waals surface area contributed by atoms with E-state index in [0.717, 1.165) is 35.5 Å². The molecular formula is C24H36O3. The Morgan fingerprint density at radius 3 is 1.33 bits per heavy atom. The quantitative estimate of drug-likeness (QED) is 0.605. The van der Waals surface area contributed by atoms with Crippen molar-refractivity contribution in [1.29, 1.82) is 0 Å². The molecule has 8 saturated carbocycles. The monoisotopic (exact) mass is 372 g/mol. The summed E-state index contributed by atoms with van der Waals surface area (Å²) in [5, 5.41) is 9.42. The van der Waals surface area contributed by atoms with Crippen molar-refractivity contribution in [3.8, 4) is 0 Å². The minimum atomic E-state index is -1.06. The van der Waals surface area contributed by atoms with E-state index in [0.29, 0.717) is 17.4 Å². The number of rotatable bonds is 4. The van der Waals surface area contributed by atoms with E-state index in [2.05, 4.69) is 6.92 Å². The molecule has 3 heteroatoms. The Labute approximate surface area is 163 Å². The molecule has 0 aromatic carbocycles. The van der Waals surface area contributed by atoms with E-state index in [1.807, 2.05) is 0 Å². The molecule has 0 spiro atoms. The summed E-state index contributed by atoms with van der Waals surface area (Å²) in [6.07, 6.45) is 15.8. The Morgan fingerprint density at radius 1 is 0.778 bits per heavy atom. The second-order valence-electron chi connectivity index (χ2n) is 12.3. The maximum absolute atomic E-state index is 11.5. The van der Waals surface area contributed by atoms with Crippen molar-refractivity contribution in [3.63, 3.8) is 0 Å². The van der Waals surface area contributed by atoms with E-state index in [-0.39, 0.29) is 5.41 Å². The van der Waals surface area contributed by atoms with Crippen molar-refractivity contribution in [1.82, 2.24) is 0 Å². The molecule has 0 radical (unpaired) electrons. The second kappa shape index (κ2) is 5.45. The Morgan fingerprint density at radius 2 is 1.07 bits per heavy atom. The Balaban J connectivity index is 1.43. The predicted octanol–water partition coefficient (Wildman–Crippen LogP) is 6.12. The van der Waals surface area contributed by atoms with Crippen molar-refractivity contribution >= 4 is 6.16 Å². The predicted molar refractivity (Wildman–Crippen MR) is 103 cm³/mol. The lowest BCUT2D eigenvalue weighted by molar-refractivity contribution is -0.236. The zero-order valence-corrected chi connectivity index (χ0v) is 16.9. The first-order chi connectivity index (χ1) is 12.9. The van der Waals surface area contributed by atoms with Gasteiger partial charge in [0.25, 0.3) is 0 Å². The number of carboxylic acid groups (broad SMARTS) is 1. The van der Waals surface area contributed by atoms with Crippen LogP contribution in [0, 0.1) is 51.8 Å². The van der Waals surface area contributed by atoms with E-state index in [1.165, 1.54) is 77.0 Å². The highest BCUT2D eigenvalue weighted by atomic mass is 16.7. The molecule has 150 valence electrons. The van der Waals surface area contributed by atoms with Crippen LogP contribution < -0.4 is 0 Å². The van der Waals surface area contributed by atoms with E-state index < -0.39 is 6.16 Å². The molecule has 8 aliphatic carbocycles. The molecule has 27 heavy (non-hydrogen) atoms. The normalized spacial score (nSPS) is 54.1. The van der Waals surface area contributed by atoms with Gasteiger partial charge in [0, 0.05) is 5.41 Å². The third-order valence-corrected chi connectivity index (χ3v) is 10.9. The average Bonchev–Trinajstić information content (AvgIpc) is 2.57. The van der Waals surface area contributed by atoms with Gasteiger partial charge in [-0.05, 0) is 123 Å². The molecule has 0 heterocycles. The highest BCUT2D eigenvalue weighted by Gasteiger charge is 2.68. The van der Waals surface area contributed by atoms with Gasteiger partial charge in [0.1, 0.15) is 6.61 Å². The first-order valence-electron chi connectivity index (χ1n) is 11.7. The van der Waals surface area contributed by atoms with Gasteiger partial charge in [0.2, 0.25) is 0 Å². The second-order valence-corrected chi connectivity index (χ2v) is 12.3. The molecule has 0 aliphatic heterocycles. The molecule has 0 aromatic rings. The summed E-state index contributed by atoms with van der Waals surface area (Å²) in [6.45, 7) is 2.97. The topological polar surface area (TPSA) is 46.5 Å². The molecular weight excluding hydrogens is 336 g/mol. The van der Waals surface area contributed by atoms with Crippen LogP contribution >= 0.6 is 0 Å². The molecule has 8 fully saturated rings. The van der Waals surface area contributed by atoms with Crippen LogP contribution in [-0.4, -0.2) is 17.9 Å². The van der Waals surface area contributed by atoms with Gasteiger partial charge >= 0.3 is 6.16 Å². The van der Waals surface area contributed by atoms with Crippen molar-refractivity contribution < 1.29 is 14.6 Å². The summed E-state index contributed by atoms with van der Waals surface area (Å²) in [7, 11) is 0. The summed E-state index contributed by atoms with van der Waals surface area (Å²) < 4.78 is 5.50. The zero-order valence-electron chi connectivity index (χ0n) is 16.9. The maximum atomic E-state index is 11.5. The van der Waals surface area contributed by atoms with Crippen LogP contribution in [0.25, 0.3) is 0 Å². The van der Waals surface area contributed by atoms with Gasteiger partial charge in [0.15, 0.2) is 0 Å². The lowest BCUT2D eigenvalue weighted by Gasteiger charge is -2.71. The van der Waals surface area contributed by atoms with Gasteiger partial charge in [-0.25, -0.2) is 4.79 Å². The highest BCUT2D eigenvalue weighted by Crippen LogP contribution is 2.75. The van der Waals surface area contributed by atoms with Crippen molar-refractivity contribution in [2.75, 3.05) is 6.61 Å². The third-order valence-electron chi connectivity index (χ3n) is 10.9. The van der Waals surface area contributed by atoms with Crippen LogP contribution in [-0.2, 0) is 4.74 Å². The largest absolute Gasteiger partial charge is 0.505 e. The van der Waals surface area contributed by atoms with Crippen LogP contribution in [0.3, 0.4) is 0 Å². The molecule has 0 amide bonds. The van der Waals surface area contributed by atoms with Crippen LogP contribution in [0.15, 0.2) is 0 Å². The summed E-state index contributed by atoms with van der Waals surface area (Å²) in [4.78, 5) is 11.5. The minimum Gasteiger partial charge on any atom is -0.450 e. The molecule has 0 aromatic heterocycles. The highest BCUT2D eigenvalue weighted by molar-refractivity contribution is 5.56. The minimum absolute atomic E-state index is 0.0460. The fourth-order valence-corrected chi connectivity index (χ4v) is 10.6. The average molecular weight is 373 g/mol. The molecule has 1 N–H and O–H groups in total. The van der Waals surface area contributed by atoms with Crippen LogP contribution in [0.4, 0.5) is 4.79 Å². The summed E-state index contributed by atoms with van der Waals surface area (Å²) in [5.74, 6) is 5.47. The van der Waals surface area contributed by atoms with Crippen molar-refractivity contribution in [3.05, 3.63) is 0 Å². The molecule has 0 atom stereocenters. The van der Waals surface area contributed by atoms with Gasteiger partial charge in [-0.15, -0.1) is 0 Å². The fraction of sp³-hybridized carbons (Fsp3) is 0.958. The smallest absolute Gasteiger partial charge is 0.450 e. The molecule has 8 rings (SSSR count). The Bertz CT molecular complexity index is 535. The number of hydrogen-bond donors (Lipinski definition) is 1. The molecule has 0 saturated heterocycles. The van der Waals surface area contributed by atoms with Crippen molar-refractivity contribution in [2.24, 2.45) is 51.8 Å². The molecule has 0 unspecified atom stereocenters. The third kappa shape index (κ3) is 2.29. The van der Waals surface area contributed by atoms with Crippen LogP contribution in [0.5, 0.6) is 0 Å². The van der Waals surface area contributed by atoms with Gasteiger partial charge in [-0.1, -0.05) is 6.92 Å². The van der Waals surface area contributed by atoms with E-state index in [1.54, 1.807) is 0 Å². The maximum Gasteiger partial charge on any atom is 0.505 e. The van der Waals surface area contributed by atoms with Gasteiger partial charge in [0.05, 0.1) is 0 Å². The molecule has 3 nitrogen and oxygen atoms in total. The first-order valence-corrected chi connectivity index (χ1v) is 11.7. The zero-order chi connectivity index (χ0) is 18.4. The Hall–Kier alpha value is -0.730. The van der Waals surface area contributed by atoms with Gasteiger partial charge in [-0.2, -0.15) is 0 Å². The number of ether oxygens (including phenoxy) is 1. The standard InChI is InChI=1S/C24H36O3/c1-22(14-27-21(25)26,23-8-15-2-16(9-23)4-17(3-15)10-23)24-11-18-5-19(12-24)7-20(6-18)13-24/h15-20H,2-14H2,1H3,(H,25,26). The SMILES string of the molecule is CC(COC(=O)O)(C12CC3CC(CC(C3)C1)C2)C12CC3CC(CC(C3)C1)C2. The summed E-state index contributed by atoms with van der Waals surface area (Å²) in [5.41, 5.74) is 0.746. The van der Waals surface area contributed by atoms with Crippen molar-refractivity contribution in [2.45, 2.75) is 84.0 Å². The summed E-state index contributed by atoms with van der Waals surface area (Å²) >= 11 is 0. The van der Waals surface area contributed by atoms with E-state index in [4.69, 9.17) is 4.74 Å².